The molecule has 0 radical (unpaired) electrons. The largest absolute Gasteiger partial charge is 0.379 e. The summed E-state index contributed by atoms with van der Waals surface area (Å²) in [5, 5.41) is 4.51. The summed E-state index contributed by atoms with van der Waals surface area (Å²) in [4.78, 5) is 78.7. The van der Waals surface area contributed by atoms with Gasteiger partial charge in [0.2, 0.25) is 17.7 Å². The van der Waals surface area contributed by atoms with Crippen LogP contribution in [0.3, 0.4) is 0 Å². The lowest BCUT2D eigenvalue weighted by atomic mass is 9.84. The van der Waals surface area contributed by atoms with Crippen molar-refractivity contribution < 1.29 is 38.3 Å². The molecule has 2 aliphatic heterocycles. The Hall–Kier alpha value is -3.19. The van der Waals surface area contributed by atoms with Crippen LogP contribution in [0.2, 0.25) is 0 Å². The quantitative estimate of drug-likeness (QED) is 0.156. The summed E-state index contributed by atoms with van der Waals surface area (Å²) in [6, 6.07) is 8.60. The molecule has 0 aromatic heterocycles. The van der Waals surface area contributed by atoms with Crippen molar-refractivity contribution >= 4 is 29.3 Å². The van der Waals surface area contributed by atoms with Crippen LogP contribution in [0.15, 0.2) is 30.3 Å². The predicted octanol–water partition coefficient (Wildman–Crippen LogP) is 5.36. The molecule has 0 unspecified atom stereocenters. The number of rotatable bonds is 23. The van der Waals surface area contributed by atoms with Gasteiger partial charge in [-0.25, -0.2) is 5.06 Å². The van der Waals surface area contributed by atoms with Gasteiger partial charge in [-0.15, -0.1) is 0 Å². The number of carbonyl (C=O) groups excluding carboxylic acids is 5. The molecule has 12 heteroatoms. The van der Waals surface area contributed by atoms with E-state index < -0.39 is 36.0 Å². The SMILES string of the molecule is CC[C@H](C)[C@@H]([C@@H](CC(=O)N1CCC[C@H]1[C@H](OC)[C@@H](C)C(=O)C[C@@H](Cc1ccccc1)C(=O)N1CCCO1)OC)N(C)C(=O)[C@@H](CC(=O)[C@@H](NC)C(C)C)C(C)C. The van der Waals surface area contributed by atoms with Crippen LogP contribution < -0.4 is 5.32 Å². The number of hydrogen-bond donors (Lipinski definition) is 1. The van der Waals surface area contributed by atoms with Gasteiger partial charge < -0.3 is 24.6 Å². The minimum Gasteiger partial charge on any atom is -0.379 e. The number of hydrogen-bond acceptors (Lipinski definition) is 9. The summed E-state index contributed by atoms with van der Waals surface area (Å²) in [5.41, 5.74) is 0.971. The lowest BCUT2D eigenvalue weighted by molar-refractivity contribution is -0.174. The maximum absolute atomic E-state index is 14.3. The second-order valence-corrected chi connectivity index (χ2v) is 16.8. The summed E-state index contributed by atoms with van der Waals surface area (Å²) < 4.78 is 12.1. The maximum atomic E-state index is 14.3. The molecule has 12 nitrogen and oxygen atoms in total. The van der Waals surface area contributed by atoms with E-state index >= 15 is 0 Å². The third kappa shape index (κ3) is 12.2. The lowest BCUT2D eigenvalue weighted by Crippen LogP contribution is -2.54. The van der Waals surface area contributed by atoms with Crippen molar-refractivity contribution in [3.63, 3.8) is 0 Å². The van der Waals surface area contributed by atoms with Crippen LogP contribution in [-0.2, 0) is 44.7 Å². The van der Waals surface area contributed by atoms with Crippen molar-refractivity contribution in [3.8, 4) is 0 Å². The van der Waals surface area contributed by atoms with Crippen LogP contribution in [0, 0.1) is 35.5 Å². The number of ketones is 2. The molecule has 1 aromatic rings. The Balaban J connectivity index is 1.79. The highest BCUT2D eigenvalue weighted by atomic mass is 16.7. The second kappa shape index (κ2) is 22.7. The molecule has 316 valence electrons. The van der Waals surface area contributed by atoms with E-state index in [1.165, 1.54) is 5.06 Å². The highest BCUT2D eigenvalue weighted by Crippen LogP contribution is 2.32. The summed E-state index contributed by atoms with van der Waals surface area (Å²) >= 11 is 0. The number of likely N-dealkylation sites (tertiary alicyclic amines) is 1. The van der Waals surface area contributed by atoms with E-state index in [4.69, 9.17) is 14.3 Å². The monoisotopic (exact) mass is 785 g/mol. The van der Waals surface area contributed by atoms with Gasteiger partial charge in [-0.1, -0.05) is 85.2 Å². The number of hydroxylamine groups is 2. The fourth-order valence-corrected chi connectivity index (χ4v) is 8.82. The topological polar surface area (TPSA) is 135 Å². The average Bonchev–Trinajstić information content (AvgIpc) is 3.90. The maximum Gasteiger partial charge on any atom is 0.250 e. The fraction of sp³-hybridized carbons (Fsp3) is 0.750. The molecule has 0 saturated carbocycles. The molecule has 3 rings (SSSR count). The molecule has 9 atom stereocenters. The lowest BCUT2D eigenvalue weighted by Gasteiger charge is -2.41. The fourth-order valence-electron chi connectivity index (χ4n) is 8.82. The minimum absolute atomic E-state index is 0.00202. The van der Waals surface area contributed by atoms with Crippen LogP contribution in [-0.4, -0.2) is 122 Å². The van der Waals surface area contributed by atoms with Gasteiger partial charge in [0.15, 0.2) is 5.78 Å². The van der Waals surface area contributed by atoms with Gasteiger partial charge in [0.1, 0.15) is 5.78 Å². The Kier molecular flexibility index (Phi) is 19.1. The van der Waals surface area contributed by atoms with Crippen LogP contribution in [0.4, 0.5) is 0 Å². The Morgan fingerprint density at radius 3 is 2.11 bits per heavy atom. The molecule has 0 aliphatic carbocycles. The summed E-state index contributed by atoms with van der Waals surface area (Å²) in [7, 11) is 6.70. The first kappa shape index (κ1) is 47.2. The van der Waals surface area contributed by atoms with E-state index in [0.29, 0.717) is 32.5 Å². The van der Waals surface area contributed by atoms with Crippen molar-refractivity contribution in [2.45, 2.75) is 130 Å². The molecule has 1 aromatic carbocycles. The Labute approximate surface area is 336 Å². The van der Waals surface area contributed by atoms with Gasteiger partial charge in [0, 0.05) is 52.5 Å². The number of ether oxygens (including phenoxy) is 2. The van der Waals surface area contributed by atoms with E-state index in [0.717, 1.165) is 24.8 Å². The van der Waals surface area contributed by atoms with Gasteiger partial charge >= 0.3 is 0 Å². The first-order valence-electron chi connectivity index (χ1n) is 20.9. The molecule has 3 amide bonds. The third-order valence-electron chi connectivity index (χ3n) is 12.3. The third-order valence-corrected chi connectivity index (χ3v) is 12.3. The van der Waals surface area contributed by atoms with E-state index in [1.807, 2.05) is 69.9 Å². The molecular weight excluding hydrogens is 713 g/mol. The zero-order valence-corrected chi connectivity index (χ0v) is 36.1. The van der Waals surface area contributed by atoms with Gasteiger partial charge in [0.25, 0.3) is 0 Å². The summed E-state index contributed by atoms with van der Waals surface area (Å²) in [6.07, 6.45) is 2.40. The number of likely N-dealkylation sites (N-methyl/N-ethyl adjacent to an activating group) is 2. The van der Waals surface area contributed by atoms with Gasteiger partial charge in [-0.3, -0.25) is 28.8 Å². The number of nitrogens with zero attached hydrogens (tertiary/aromatic N) is 3. The van der Waals surface area contributed by atoms with Crippen molar-refractivity contribution in [1.29, 1.82) is 0 Å². The van der Waals surface area contributed by atoms with Gasteiger partial charge in [-0.2, -0.15) is 0 Å². The zero-order valence-electron chi connectivity index (χ0n) is 36.1. The van der Waals surface area contributed by atoms with Crippen LogP contribution in [0.5, 0.6) is 0 Å². The number of Topliss-reactive ketones (excluding diaryl/α,β-unsaturated/α-hetero) is 2. The van der Waals surface area contributed by atoms with E-state index in [-0.39, 0.29) is 78.4 Å². The van der Waals surface area contributed by atoms with Gasteiger partial charge in [0.05, 0.1) is 55.8 Å². The number of amides is 3. The van der Waals surface area contributed by atoms with Crippen molar-refractivity contribution in [3.05, 3.63) is 35.9 Å². The molecule has 56 heavy (non-hydrogen) atoms. The molecule has 0 spiro atoms. The van der Waals surface area contributed by atoms with Crippen molar-refractivity contribution in [2.75, 3.05) is 48.0 Å². The minimum atomic E-state index is -0.602. The first-order valence-corrected chi connectivity index (χ1v) is 20.9. The van der Waals surface area contributed by atoms with Crippen LogP contribution in [0.25, 0.3) is 0 Å². The highest BCUT2D eigenvalue weighted by molar-refractivity contribution is 5.90. The molecule has 0 bridgehead atoms. The van der Waals surface area contributed by atoms with E-state index in [1.54, 1.807) is 33.2 Å². The van der Waals surface area contributed by atoms with Gasteiger partial charge in [-0.05, 0) is 56.0 Å². The predicted molar refractivity (Wildman–Crippen MR) is 217 cm³/mol. The van der Waals surface area contributed by atoms with Crippen molar-refractivity contribution in [1.82, 2.24) is 20.2 Å². The summed E-state index contributed by atoms with van der Waals surface area (Å²) in [6.45, 7) is 15.4. The highest BCUT2D eigenvalue weighted by Gasteiger charge is 2.43. The zero-order chi connectivity index (χ0) is 41.7. The number of carbonyl (C=O) groups is 5. The molecule has 2 aliphatic rings. The molecular formula is C44H72N4O8. The van der Waals surface area contributed by atoms with Crippen molar-refractivity contribution in [2.24, 2.45) is 35.5 Å². The molecule has 1 N–H and O–H groups in total. The normalized spacial score (nSPS) is 20.3. The average molecular weight is 785 g/mol. The Bertz CT molecular complexity index is 1420. The van der Waals surface area contributed by atoms with Crippen LogP contribution >= 0.6 is 0 Å². The Morgan fingerprint density at radius 1 is 0.893 bits per heavy atom. The second-order valence-electron chi connectivity index (χ2n) is 16.8. The smallest absolute Gasteiger partial charge is 0.250 e. The molecule has 2 heterocycles. The first-order chi connectivity index (χ1) is 26.6. The number of methoxy groups -OCH3 is 2. The molecule has 2 saturated heterocycles. The number of nitrogens with one attached hydrogen (secondary N) is 1. The molecule has 2 fully saturated rings. The van der Waals surface area contributed by atoms with Crippen LogP contribution in [0.1, 0.15) is 99.0 Å². The van der Waals surface area contributed by atoms with E-state index in [2.05, 4.69) is 19.2 Å². The number of benzene rings is 1. The Morgan fingerprint density at radius 2 is 1.57 bits per heavy atom. The van der Waals surface area contributed by atoms with E-state index in [9.17, 15) is 24.0 Å². The standard InChI is InChI=1S/C44H72N4O8/c1-12-30(6)41(46(9)44(53)34(28(2)3)26-37(50)40(45-8)29(4)5)38(54-10)27-39(51)47-21-16-20-35(47)42(55-11)31(7)36(49)25-33(24-32-18-14-13-15-19-32)43(52)48-22-17-23-56-48/h13-15,18-19,28-31,33-35,38,40-42,45H,12,16-17,20-27H2,1-11H3/t30-,31-,33+,34-,35-,38+,40-,41-,42+/m0/s1. The summed E-state index contributed by atoms with van der Waals surface area (Å²) in [5.74, 6) is -2.17.